The number of ether oxygens (including phenoxy) is 2. The molecule has 0 radical (unpaired) electrons. The first-order chi connectivity index (χ1) is 9.74. The molecule has 0 spiro atoms. The fraction of sp³-hybridized carbons (Fsp3) is 0.562. The van der Waals surface area contributed by atoms with Crippen molar-refractivity contribution in [3.63, 3.8) is 0 Å². The molecule has 1 fully saturated rings. The molecule has 1 heterocycles. The minimum Gasteiger partial charge on any atom is -0.489 e. The zero-order chi connectivity index (χ0) is 14.2. The summed E-state index contributed by atoms with van der Waals surface area (Å²) in [7, 11) is 0. The number of benzene rings is 1. The van der Waals surface area contributed by atoms with E-state index in [0.29, 0.717) is 13.0 Å². The van der Waals surface area contributed by atoms with Crippen molar-refractivity contribution in [1.29, 1.82) is 0 Å². The molecule has 2 atom stereocenters. The van der Waals surface area contributed by atoms with Crippen molar-refractivity contribution in [1.82, 2.24) is 5.32 Å². The van der Waals surface area contributed by atoms with E-state index < -0.39 is 0 Å². The lowest BCUT2D eigenvalue weighted by Crippen LogP contribution is -2.33. The number of hydrogen-bond acceptors (Lipinski definition) is 3. The molecule has 4 heteroatoms. The Kier molecular flexibility index (Phi) is 5.87. The summed E-state index contributed by atoms with van der Waals surface area (Å²) in [5, 5.41) is 2.91. The first-order valence-electron chi connectivity index (χ1n) is 7.34. The molecule has 110 valence electrons. The van der Waals surface area contributed by atoms with E-state index in [0.717, 1.165) is 31.6 Å². The Hall–Kier alpha value is -1.55. The molecule has 1 aromatic carbocycles. The van der Waals surface area contributed by atoms with Crippen molar-refractivity contribution >= 4 is 5.91 Å². The molecule has 0 aromatic heterocycles. The van der Waals surface area contributed by atoms with Gasteiger partial charge in [-0.15, -0.1) is 0 Å². The maximum atomic E-state index is 11.7. The predicted molar refractivity (Wildman–Crippen MR) is 77.7 cm³/mol. The third-order valence-electron chi connectivity index (χ3n) is 3.38. The van der Waals surface area contributed by atoms with Crippen LogP contribution >= 0.6 is 0 Å². The molecule has 1 aromatic rings. The van der Waals surface area contributed by atoms with Gasteiger partial charge in [-0.3, -0.25) is 4.79 Å². The predicted octanol–water partition coefficient (Wildman–Crippen LogP) is 2.53. The van der Waals surface area contributed by atoms with E-state index in [2.05, 4.69) is 5.32 Å². The summed E-state index contributed by atoms with van der Waals surface area (Å²) in [5.41, 5.74) is 0. The van der Waals surface area contributed by atoms with Crippen LogP contribution in [0.4, 0.5) is 0 Å². The second-order valence-electron chi connectivity index (χ2n) is 5.22. The van der Waals surface area contributed by atoms with E-state index in [-0.39, 0.29) is 18.1 Å². The van der Waals surface area contributed by atoms with Crippen molar-refractivity contribution in [2.75, 3.05) is 13.2 Å². The maximum Gasteiger partial charge on any atom is 0.220 e. The summed E-state index contributed by atoms with van der Waals surface area (Å²) in [6, 6.07) is 9.64. The van der Waals surface area contributed by atoms with E-state index in [1.165, 1.54) is 0 Å². The van der Waals surface area contributed by atoms with Gasteiger partial charge in [-0.2, -0.15) is 0 Å². The molecule has 1 saturated heterocycles. The van der Waals surface area contributed by atoms with Crippen LogP contribution < -0.4 is 10.1 Å². The summed E-state index contributed by atoms with van der Waals surface area (Å²) in [4.78, 5) is 11.7. The molecular formula is C16H23NO3. The van der Waals surface area contributed by atoms with Crippen molar-refractivity contribution in [3.8, 4) is 5.75 Å². The lowest BCUT2D eigenvalue weighted by Gasteiger charge is -2.16. The molecule has 0 aliphatic carbocycles. The second kappa shape index (κ2) is 7.90. The van der Waals surface area contributed by atoms with Gasteiger partial charge >= 0.3 is 0 Å². The molecule has 2 rings (SSSR count). The van der Waals surface area contributed by atoms with Crippen LogP contribution in [0.5, 0.6) is 5.75 Å². The third kappa shape index (κ3) is 5.21. The Balaban J connectivity index is 1.60. The number of carbonyl (C=O) groups excluding carboxylic acids is 1. The van der Waals surface area contributed by atoms with Gasteiger partial charge in [0.15, 0.2) is 0 Å². The fourth-order valence-corrected chi connectivity index (χ4v) is 2.28. The standard InChI is InChI=1S/C16H23NO3/c1-13(20-15-6-3-2-4-7-15)12-17-16(18)10-9-14-8-5-11-19-14/h2-4,6-7,13-14H,5,8-12H2,1H3,(H,17,18)/t13-,14+/m0/s1. The number of para-hydroxylation sites is 1. The minimum absolute atomic E-state index is 0.0379. The first-order valence-corrected chi connectivity index (χ1v) is 7.34. The lowest BCUT2D eigenvalue weighted by atomic mass is 10.1. The van der Waals surface area contributed by atoms with Gasteiger partial charge in [-0.05, 0) is 38.3 Å². The zero-order valence-corrected chi connectivity index (χ0v) is 12.0. The average Bonchev–Trinajstić information content (AvgIpc) is 2.97. The van der Waals surface area contributed by atoms with Gasteiger partial charge in [-0.25, -0.2) is 0 Å². The quantitative estimate of drug-likeness (QED) is 0.833. The Labute approximate surface area is 120 Å². The van der Waals surface area contributed by atoms with E-state index in [4.69, 9.17) is 9.47 Å². The molecule has 4 nitrogen and oxygen atoms in total. The van der Waals surface area contributed by atoms with Crippen LogP contribution in [-0.4, -0.2) is 31.3 Å². The van der Waals surface area contributed by atoms with Crippen LogP contribution in [0.1, 0.15) is 32.6 Å². The number of nitrogens with one attached hydrogen (secondary N) is 1. The molecular weight excluding hydrogens is 254 g/mol. The summed E-state index contributed by atoms with van der Waals surface area (Å²) in [6.45, 7) is 3.32. The number of hydrogen-bond donors (Lipinski definition) is 1. The van der Waals surface area contributed by atoms with E-state index in [1.807, 2.05) is 37.3 Å². The van der Waals surface area contributed by atoms with Gasteiger partial charge in [-0.1, -0.05) is 18.2 Å². The summed E-state index contributed by atoms with van der Waals surface area (Å²) < 4.78 is 11.2. The van der Waals surface area contributed by atoms with E-state index in [9.17, 15) is 4.79 Å². The van der Waals surface area contributed by atoms with Crippen molar-refractivity contribution < 1.29 is 14.3 Å². The molecule has 1 aliphatic rings. The largest absolute Gasteiger partial charge is 0.489 e. The molecule has 0 saturated carbocycles. The molecule has 1 aliphatic heterocycles. The van der Waals surface area contributed by atoms with Crippen LogP contribution in [-0.2, 0) is 9.53 Å². The Morgan fingerprint density at radius 2 is 2.25 bits per heavy atom. The Bertz CT molecular complexity index is 401. The topological polar surface area (TPSA) is 47.6 Å². The summed E-state index contributed by atoms with van der Waals surface area (Å²) in [5.74, 6) is 0.901. The van der Waals surface area contributed by atoms with Gasteiger partial charge in [0.25, 0.3) is 0 Å². The van der Waals surface area contributed by atoms with E-state index in [1.54, 1.807) is 0 Å². The van der Waals surface area contributed by atoms with Gasteiger partial charge in [0.1, 0.15) is 11.9 Å². The monoisotopic (exact) mass is 277 g/mol. The number of carbonyl (C=O) groups is 1. The molecule has 20 heavy (non-hydrogen) atoms. The Morgan fingerprint density at radius 3 is 2.95 bits per heavy atom. The van der Waals surface area contributed by atoms with Crippen molar-refractivity contribution in [2.24, 2.45) is 0 Å². The Morgan fingerprint density at radius 1 is 1.45 bits per heavy atom. The van der Waals surface area contributed by atoms with Gasteiger partial charge in [0, 0.05) is 13.0 Å². The van der Waals surface area contributed by atoms with Crippen molar-refractivity contribution in [2.45, 2.75) is 44.8 Å². The van der Waals surface area contributed by atoms with Gasteiger partial charge in [0.05, 0.1) is 12.6 Å². The molecule has 1 amide bonds. The van der Waals surface area contributed by atoms with Gasteiger partial charge in [0.2, 0.25) is 5.91 Å². The second-order valence-corrected chi connectivity index (χ2v) is 5.22. The van der Waals surface area contributed by atoms with Crippen LogP contribution in [0.2, 0.25) is 0 Å². The number of rotatable bonds is 7. The van der Waals surface area contributed by atoms with Gasteiger partial charge < -0.3 is 14.8 Å². The third-order valence-corrected chi connectivity index (χ3v) is 3.38. The normalized spacial score (nSPS) is 19.6. The van der Waals surface area contributed by atoms with Crippen molar-refractivity contribution in [3.05, 3.63) is 30.3 Å². The summed E-state index contributed by atoms with van der Waals surface area (Å²) in [6.07, 6.45) is 3.79. The highest BCUT2D eigenvalue weighted by Gasteiger charge is 2.16. The highest BCUT2D eigenvalue weighted by molar-refractivity contribution is 5.75. The van der Waals surface area contributed by atoms with Crippen LogP contribution in [0, 0.1) is 0 Å². The smallest absolute Gasteiger partial charge is 0.220 e. The maximum absolute atomic E-state index is 11.7. The molecule has 0 unspecified atom stereocenters. The molecule has 0 bridgehead atoms. The molecule has 1 N–H and O–H groups in total. The average molecular weight is 277 g/mol. The lowest BCUT2D eigenvalue weighted by molar-refractivity contribution is -0.122. The fourth-order valence-electron chi connectivity index (χ4n) is 2.28. The highest BCUT2D eigenvalue weighted by Crippen LogP contribution is 2.16. The SMILES string of the molecule is C[C@@H](CNC(=O)CC[C@H]1CCCO1)Oc1ccccc1. The highest BCUT2D eigenvalue weighted by atomic mass is 16.5. The van der Waals surface area contributed by atoms with Crippen LogP contribution in [0.3, 0.4) is 0 Å². The van der Waals surface area contributed by atoms with Crippen LogP contribution in [0.25, 0.3) is 0 Å². The minimum atomic E-state index is -0.0379. The summed E-state index contributed by atoms with van der Waals surface area (Å²) >= 11 is 0. The first kappa shape index (κ1) is 14.9. The number of amides is 1. The van der Waals surface area contributed by atoms with E-state index >= 15 is 0 Å². The zero-order valence-electron chi connectivity index (χ0n) is 12.0. The van der Waals surface area contributed by atoms with Crippen LogP contribution in [0.15, 0.2) is 30.3 Å².